The van der Waals surface area contributed by atoms with Gasteiger partial charge in [-0.2, -0.15) is 13.2 Å². The Bertz CT molecular complexity index is 1540. The van der Waals surface area contributed by atoms with E-state index in [-0.39, 0.29) is 34.6 Å². The Kier molecular flexibility index (Phi) is 4.30. The number of anilines is 1. The molecule has 0 spiro atoms. The molecule has 0 aliphatic heterocycles. The number of hydrogen-bond donors (Lipinski definition) is 3. The minimum Gasteiger partial charge on any atom is -0.481 e. The number of hydrogen-bond acceptors (Lipinski definition) is 5. The first-order valence-electron chi connectivity index (χ1n) is 11.8. The van der Waals surface area contributed by atoms with Gasteiger partial charge in [0.2, 0.25) is 0 Å². The monoisotopic (exact) mass is 500 g/mol. The molecule has 4 heterocycles. The fraction of sp³-hybridized carbons (Fsp3) is 0.417. The Morgan fingerprint density at radius 2 is 1.94 bits per heavy atom. The second-order valence-electron chi connectivity index (χ2n) is 10.1. The molecular weight excluding hydrogens is 480 g/mol. The van der Waals surface area contributed by atoms with E-state index in [1.807, 2.05) is 0 Å². The maximum Gasteiger partial charge on any atom is 0.433 e. The summed E-state index contributed by atoms with van der Waals surface area (Å²) in [6, 6.07) is 2.96. The van der Waals surface area contributed by atoms with Crippen LogP contribution in [0.25, 0.3) is 27.9 Å². The highest BCUT2D eigenvalue weighted by molar-refractivity contribution is 5.92. The van der Waals surface area contributed by atoms with Crippen molar-refractivity contribution in [2.24, 2.45) is 29.6 Å². The lowest BCUT2D eigenvalue weighted by Crippen LogP contribution is -2.52. The van der Waals surface area contributed by atoms with E-state index in [9.17, 15) is 27.5 Å². The molecule has 0 amide bonds. The summed E-state index contributed by atoms with van der Waals surface area (Å²) in [5.41, 5.74) is -0.279. The van der Waals surface area contributed by atoms with Crippen molar-refractivity contribution in [3.8, 4) is 11.4 Å². The lowest BCUT2D eigenvalue weighted by atomic mass is 9.61. The van der Waals surface area contributed by atoms with Crippen LogP contribution in [-0.2, 0) is 11.0 Å². The molecule has 0 saturated heterocycles. The van der Waals surface area contributed by atoms with E-state index in [4.69, 9.17) is 0 Å². The number of carboxylic acids is 1. The first-order chi connectivity index (χ1) is 17.2. The number of aliphatic carboxylic acids is 1. The Balaban J connectivity index is 1.40. The zero-order valence-corrected chi connectivity index (χ0v) is 18.6. The van der Waals surface area contributed by atoms with Crippen molar-refractivity contribution in [3.63, 3.8) is 0 Å². The second kappa shape index (κ2) is 7.17. The summed E-state index contributed by atoms with van der Waals surface area (Å²) < 4.78 is 56.2. The quantitative estimate of drug-likeness (QED) is 0.354. The van der Waals surface area contributed by atoms with E-state index in [0.717, 1.165) is 36.0 Å². The number of carboxylic acid groups (broad SMARTS) is 1. The summed E-state index contributed by atoms with van der Waals surface area (Å²) >= 11 is 0. The van der Waals surface area contributed by atoms with Crippen LogP contribution in [0.2, 0.25) is 0 Å². The second-order valence-corrected chi connectivity index (χ2v) is 10.1. The molecule has 4 aromatic rings. The Hall–Kier alpha value is -3.70. The van der Waals surface area contributed by atoms with Crippen LogP contribution >= 0.6 is 0 Å². The summed E-state index contributed by atoms with van der Waals surface area (Å²) in [5.74, 6) is -1.08. The highest BCUT2D eigenvalue weighted by Gasteiger charge is 2.63. The van der Waals surface area contributed by atoms with Crippen LogP contribution in [0.5, 0.6) is 0 Å². The zero-order valence-electron chi connectivity index (χ0n) is 18.6. The summed E-state index contributed by atoms with van der Waals surface area (Å²) in [4.78, 5) is 23.7. The number of pyridine rings is 1. The molecule has 4 aliphatic rings. The lowest BCUT2D eigenvalue weighted by Gasteiger charge is -2.46. The molecule has 2 bridgehead atoms. The molecule has 0 radical (unpaired) electrons. The summed E-state index contributed by atoms with van der Waals surface area (Å²) in [6.45, 7) is 0. The number of nitrogens with zero attached hydrogens (tertiary/aromatic N) is 4. The standard InChI is InChI=1S/C24H20F4N6O2/c25-9-5-14-15(8-30-20(14)29-7-9)21-32-22(16-3-4-17(24(26,27)28)34(16)33-21)31-19-11-2-1-10(12-6-13(11)12)18(19)23(35)36/h3-5,7-8,10-13,18-19H,1-2,6H2,(H,29,30)(H,35,36)(H,31,32,33)/t10-,11+,12?,13?,18+,19+/m0/s1. The maximum absolute atomic E-state index is 13.9. The summed E-state index contributed by atoms with van der Waals surface area (Å²) in [5, 5.41) is 17.8. The van der Waals surface area contributed by atoms with E-state index in [0.29, 0.717) is 22.9 Å². The first-order valence-corrected chi connectivity index (χ1v) is 11.8. The van der Waals surface area contributed by atoms with E-state index in [1.165, 1.54) is 18.3 Å². The van der Waals surface area contributed by atoms with Gasteiger partial charge in [-0.3, -0.25) is 4.79 Å². The predicted octanol–water partition coefficient (Wildman–Crippen LogP) is 4.59. The van der Waals surface area contributed by atoms with Crippen molar-refractivity contribution in [1.82, 2.24) is 24.6 Å². The minimum absolute atomic E-state index is 0.0486. The fourth-order valence-electron chi connectivity index (χ4n) is 6.74. The van der Waals surface area contributed by atoms with Gasteiger partial charge < -0.3 is 15.4 Å². The van der Waals surface area contributed by atoms with E-state index >= 15 is 0 Å². The summed E-state index contributed by atoms with van der Waals surface area (Å²) in [7, 11) is 0. The number of rotatable bonds is 4. The third-order valence-corrected chi connectivity index (χ3v) is 8.26. The predicted molar refractivity (Wildman–Crippen MR) is 119 cm³/mol. The molecule has 2 unspecified atom stereocenters. The number of aromatic amines is 1. The van der Waals surface area contributed by atoms with Gasteiger partial charge in [-0.15, -0.1) is 5.10 Å². The largest absolute Gasteiger partial charge is 0.481 e. The molecule has 8 rings (SSSR count). The molecule has 4 fully saturated rings. The lowest BCUT2D eigenvalue weighted by molar-refractivity contribution is -0.148. The molecule has 8 nitrogen and oxygen atoms in total. The van der Waals surface area contributed by atoms with Crippen LogP contribution in [0.4, 0.5) is 23.4 Å². The Morgan fingerprint density at radius 3 is 2.72 bits per heavy atom. The zero-order chi connectivity index (χ0) is 24.9. The van der Waals surface area contributed by atoms with Gasteiger partial charge in [0, 0.05) is 23.2 Å². The molecule has 4 aromatic heterocycles. The molecule has 3 N–H and O–H groups in total. The van der Waals surface area contributed by atoms with Crippen molar-refractivity contribution in [2.45, 2.75) is 31.5 Å². The van der Waals surface area contributed by atoms with E-state index in [2.05, 4.69) is 25.4 Å². The van der Waals surface area contributed by atoms with E-state index in [1.54, 1.807) is 0 Å². The molecule has 0 aromatic carbocycles. The molecule has 36 heavy (non-hydrogen) atoms. The van der Waals surface area contributed by atoms with Gasteiger partial charge in [-0.05, 0) is 61.1 Å². The smallest absolute Gasteiger partial charge is 0.433 e. The van der Waals surface area contributed by atoms with Crippen LogP contribution in [-0.4, -0.2) is 41.7 Å². The van der Waals surface area contributed by atoms with Gasteiger partial charge >= 0.3 is 12.1 Å². The number of H-pyrrole nitrogens is 1. The van der Waals surface area contributed by atoms with Gasteiger partial charge in [0.1, 0.15) is 22.7 Å². The average Bonchev–Trinajstić information content (AvgIpc) is 3.36. The highest BCUT2D eigenvalue weighted by Crippen LogP contribution is 2.64. The van der Waals surface area contributed by atoms with Crippen LogP contribution in [0, 0.1) is 35.4 Å². The van der Waals surface area contributed by atoms with Crippen LogP contribution in [0.15, 0.2) is 30.6 Å². The van der Waals surface area contributed by atoms with Gasteiger partial charge in [-0.1, -0.05) is 0 Å². The van der Waals surface area contributed by atoms with Crippen molar-refractivity contribution < 1.29 is 27.5 Å². The average molecular weight is 500 g/mol. The van der Waals surface area contributed by atoms with Crippen LogP contribution < -0.4 is 5.32 Å². The number of carbonyl (C=O) groups is 1. The van der Waals surface area contributed by atoms with E-state index < -0.39 is 35.6 Å². The minimum atomic E-state index is -4.68. The first kappa shape index (κ1) is 21.6. The topological polar surface area (TPSA) is 108 Å². The number of aromatic nitrogens is 5. The molecule has 4 saturated carbocycles. The number of alkyl halides is 3. The Labute approximate surface area is 200 Å². The van der Waals surface area contributed by atoms with Crippen molar-refractivity contribution >= 4 is 28.3 Å². The highest BCUT2D eigenvalue weighted by atomic mass is 19.4. The maximum atomic E-state index is 13.9. The Morgan fingerprint density at radius 1 is 1.17 bits per heavy atom. The summed E-state index contributed by atoms with van der Waals surface area (Å²) in [6.07, 6.45) is 0.544. The van der Waals surface area contributed by atoms with Gasteiger partial charge in [0.25, 0.3) is 0 Å². The molecule has 6 atom stereocenters. The van der Waals surface area contributed by atoms with Gasteiger partial charge in [0.05, 0.1) is 12.1 Å². The van der Waals surface area contributed by atoms with Crippen molar-refractivity contribution in [1.29, 1.82) is 0 Å². The third-order valence-electron chi connectivity index (χ3n) is 8.26. The van der Waals surface area contributed by atoms with Gasteiger partial charge in [0.15, 0.2) is 11.6 Å². The molecular formula is C24H20F4N6O2. The number of nitrogens with one attached hydrogen (secondary N) is 2. The SMILES string of the molecule is O=C(O)[C@H]1[C@H](Nc2nc(-c3c[nH]c4ncc(F)cc34)nn3c(C(F)(F)F)ccc23)[C@@H]2CC[C@H]1C1CC12. The molecule has 4 aliphatic carbocycles. The van der Waals surface area contributed by atoms with Crippen LogP contribution in [0.3, 0.4) is 0 Å². The molecule has 186 valence electrons. The van der Waals surface area contributed by atoms with Crippen LogP contribution in [0.1, 0.15) is 25.0 Å². The number of halogens is 4. The molecule has 12 heteroatoms. The van der Waals surface area contributed by atoms with Crippen molar-refractivity contribution in [2.75, 3.05) is 5.32 Å². The third kappa shape index (κ3) is 3.05. The normalized spacial score (nSPS) is 29.0. The number of fused-ring (bicyclic) bond motifs is 4. The fourth-order valence-corrected chi connectivity index (χ4v) is 6.74. The van der Waals surface area contributed by atoms with Crippen molar-refractivity contribution in [3.05, 3.63) is 42.1 Å². The van der Waals surface area contributed by atoms with Gasteiger partial charge in [-0.25, -0.2) is 18.9 Å².